The van der Waals surface area contributed by atoms with Gasteiger partial charge >= 0.3 is 0 Å². The number of rotatable bonds is 5. The van der Waals surface area contributed by atoms with Gasteiger partial charge in [0.25, 0.3) is 0 Å². The van der Waals surface area contributed by atoms with Crippen molar-refractivity contribution in [2.24, 2.45) is 0 Å². The molecule has 0 aliphatic heterocycles. The zero-order valence-electron chi connectivity index (χ0n) is 16.9. The van der Waals surface area contributed by atoms with Crippen LogP contribution < -0.4 is 15.9 Å². The normalized spacial score (nSPS) is 11.5. The Morgan fingerprint density at radius 2 is 1.03 bits per heavy atom. The number of fused-ring (bicyclic) bond motifs is 1. The molecule has 0 nitrogen and oxygen atoms in total. The maximum Gasteiger partial charge on any atom is 0.0385 e. The number of hydrogen-bond donors (Lipinski definition) is 0. The summed E-state index contributed by atoms with van der Waals surface area (Å²) in [5, 5.41) is 6.22. The zero-order chi connectivity index (χ0) is 21.1. The summed E-state index contributed by atoms with van der Waals surface area (Å²) in [6.45, 7) is 0. The maximum atomic E-state index is 6.65. The fourth-order valence-electron chi connectivity index (χ4n) is 3.95. The second-order valence-electron chi connectivity index (χ2n) is 7.33. The van der Waals surface area contributed by atoms with Crippen LogP contribution in [0.1, 0.15) is 0 Å². The first-order chi connectivity index (χ1) is 15.3. The average molecular weight is 453 g/mol. The molecule has 5 aromatic rings. The monoisotopic (exact) mass is 452 g/mol. The van der Waals surface area contributed by atoms with E-state index in [0.29, 0.717) is 0 Å². The van der Waals surface area contributed by atoms with Crippen LogP contribution in [0.2, 0.25) is 0 Å². The van der Waals surface area contributed by atoms with Gasteiger partial charge in [0.15, 0.2) is 0 Å². The van der Waals surface area contributed by atoms with Crippen molar-refractivity contribution < 1.29 is 0 Å². The van der Waals surface area contributed by atoms with Crippen molar-refractivity contribution >= 4 is 56.3 Å². The third-order valence-electron chi connectivity index (χ3n) is 5.39. The van der Waals surface area contributed by atoms with Gasteiger partial charge in [-0.25, -0.2) is 0 Å². The smallest absolute Gasteiger partial charge is 0.0385 e. The summed E-state index contributed by atoms with van der Waals surface area (Å²) in [6.07, 6.45) is 0. The quantitative estimate of drug-likeness (QED) is 0.271. The molecule has 0 atom stereocenters. The minimum Gasteiger partial charge on any atom is -0.0894 e. The molecule has 0 saturated heterocycles. The summed E-state index contributed by atoms with van der Waals surface area (Å²) in [7, 11) is 0. The van der Waals surface area contributed by atoms with Crippen LogP contribution in [-0.2, 0) is 11.8 Å². The van der Waals surface area contributed by atoms with Gasteiger partial charge in [0.1, 0.15) is 0 Å². The van der Waals surface area contributed by atoms with Gasteiger partial charge in [-0.1, -0.05) is 133 Å². The highest BCUT2D eigenvalue weighted by Gasteiger charge is 2.27. The van der Waals surface area contributed by atoms with Gasteiger partial charge in [-0.3, -0.25) is 0 Å². The van der Waals surface area contributed by atoms with Crippen molar-refractivity contribution in [2.75, 3.05) is 0 Å². The summed E-state index contributed by atoms with van der Waals surface area (Å²) in [5.41, 5.74) is 0. The van der Waals surface area contributed by atoms with E-state index in [9.17, 15) is 0 Å². The van der Waals surface area contributed by atoms with Crippen molar-refractivity contribution in [3.8, 4) is 0 Å². The van der Waals surface area contributed by atoms with Crippen molar-refractivity contribution in [2.45, 2.75) is 9.79 Å². The van der Waals surface area contributed by atoms with Crippen LogP contribution in [0.5, 0.6) is 0 Å². The van der Waals surface area contributed by atoms with Crippen LogP contribution in [0.3, 0.4) is 0 Å². The van der Waals surface area contributed by atoms with Crippen LogP contribution in [0, 0.1) is 0 Å². The summed E-state index contributed by atoms with van der Waals surface area (Å²) < 4.78 is 0. The van der Waals surface area contributed by atoms with Crippen molar-refractivity contribution in [1.29, 1.82) is 0 Å². The van der Waals surface area contributed by atoms with Gasteiger partial charge in [-0.2, -0.15) is 0 Å². The largest absolute Gasteiger partial charge is 0.0894 e. The molecule has 0 amide bonds. The van der Waals surface area contributed by atoms with Gasteiger partial charge in [-0.05, 0) is 34.2 Å². The van der Waals surface area contributed by atoms with Gasteiger partial charge in [0, 0.05) is 26.5 Å². The molecule has 0 aliphatic carbocycles. The first-order valence-corrected chi connectivity index (χ1v) is 13.9. The molecule has 0 bridgehead atoms. The minimum absolute atomic E-state index is 1.23. The fraction of sp³-hybridized carbons (Fsp3) is 0. The minimum atomic E-state index is -2.23. The van der Waals surface area contributed by atoms with E-state index in [1.807, 2.05) is 11.8 Å². The third-order valence-corrected chi connectivity index (χ3v) is 11.4. The highest BCUT2D eigenvalue weighted by Crippen LogP contribution is 2.46. The molecule has 150 valence electrons. The highest BCUT2D eigenvalue weighted by molar-refractivity contribution is 8.25. The molecule has 0 saturated carbocycles. The fourth-order valence-corrected chi connectivity index (χ4v) is 9.14. The van der Waals surface area contributed by atoms with E-state index in [1.54, 1.807) is 0 Å². The Labute approximate surface area is 193 Å². The van der Waals surface area contributed by atoms with E-state index in [1.165, 1.54) is 36.5 Å². The lowest BCUT2D eigenvalue weighted by Gasteiger charge is -2.26. The van der Waals surface area contributed by atoms with Crippen LogP contribution in [0.4, 0.5) is 0 Å². The van der Waals surface area contributed by atoms with Crippen molar-refractivity contribution in [3.63, 3.8) is 0 Å². The highest BCUT2D eigenvalue weighted by atomic mass is 32.4. The number of benzene rings is 5. The molecular weight excluding hydrogens is 431 g/mol. The Bertz CT molecular complexity index is 1320. The Morgan fingerprint density at radius 3 is 1.61 bits per heavy atom. The van der Waals surface area contributed by atoms with E-state index in [-0.39, 0.29) is 0 Å². The molecule has 0 fully saturated rings. The molecule has 0 aromatic heterocycles. The van der Waals surface area contributed by atoms with E-state index in [2.05, 4.69) is 127 Å². The third kappa shape index (κ3) is 3.88. The Hall–Kier alpha value is -2.64. The Balaban J connectivity index is 1.81. The zero-order valence-corrected chi connectivity index (χ0v) is 19.4. The van der Waals surface area contributed by atoms with Crippen LogP contribution >= 0.6 is 17.8 Å². The summed E-state index contributed by atoms with van der Waals surface area (Å²) >= 11 is 8.46. The second kappa shape index (κ2) is 8.85. The molecular formula is C28H21PS2. The SMILES string of the molecule is S=P(c1ccccc1)(c1ccccc1)c1cccc2cccc(Sc3ccccc3)c12. The van der Waals surface area contributed by atoms with Gasteiger partial charge < -0.3 is 0 Å². The molecule has 3 heteroatoms. The van der Waals surface area contributed by atoms with Gasteiger partial charge in [0.05, 0.1) is 0 Å². The molecule has 0 aliphatic rings. The molecule has 31 heavy (non-hydrogen) atoms. The number of hydrogen-bond acceptors (Lipinski definition) is 2. The van der Waals surface area contributed by atoms with E-state index in [4.69, 9.17) is 11.8 Å². The predicted octanol–water partition coefficient (Wildman–Crippen LogP) is 6.75. The van der Waals surface area contributed by atoms with Gasteiger partial charge in [-0.15, -0.1) is 0 Å². The molecule has 0 radical (unpaired) electrons. The molecule has 0 spiro atoms. The lowest BCUT2D eigenvalue weighted by molar-refractivity contribution is 1.44. The van der Waals surface area contributed by atoms with Crippen LogP contribution in [0.15, 0.2) is 137 Å². The lowest BCUT2D eigenvalue weighted by Crippen LogP contribution is -2.25. The van der Waals surface area contributed by atoms with Crippen LogP contribution in [0.25, 0.3) is 10.8 Å². The lowest BCUT2D eigenvalue weighted by atomic mass is 10.1. The van der Waals surface area contributed by atoms with E-state index >= 15 is 0 Å². The Morgan fingerprint density at radius 1 is 0.516 bits per heavy atom. The van der Waals surface area contributed by atoms with Gasteiger partial charge in [0.2, 0.25) is 0 Å². The first kappa shape index (κ1) is 20.3. The van der Waals surface area contributed by atoms with Crippen molar-refractivity contribution in [3.05, 3.63) is 127 Å². The van der Waals surface area contributed by atoms with Crippen LogP contribution in [-0.4, -0.2) is 0 Å². The predicted molar refractivity (Wildman–Crippen MR) is 141 cm³/mol. The summed E-state index contributed by atoms with van der Waals surface area (Å²) in [4.78, 5) is 2.48. The molecule has 0 heterocycles. The average Bonchev–Trinajstić information content (AvgIpc) is 2.85. The standard InChI is InChI=1S/C28H21PS2/c30-29(23-14-4-1-5-15-23,24-16-6-2-7-17-24)26-20-10-12-22-13-11-21-27(28(22)26)31-25-18-8-3-9-19-25/h1-21H. The van der Waals surface area contributed by atoms with E-state index in [0.717, 1.165) is 0 Å². The second-order valence-corrected chi connectivity index (χ2v) is 12.8. The van der Waals surface area contributed by atoms with Crippen molar-refractivity contribution in [1.82, 2.24) is 0 Å². The molecule has 5 aromatic carbocycles. The molecule has 0 N–H and O–H groups in total. The topological polar surface area (TPSA) is 0 Å². The molecule has 5 rings (SSSR count). The Kier molecular flexibility index (Phi) is 5.78. The van der Waals surface area contributed by atoms with E-state index < -0.39 is 6.04 Å². The summed E-state index contributed by atoms with van der Waals surface area (Å²) in [5.74, 6) is 0. The first-order valence-electron chi connectivity index (χ1n) is 10.2. The maximum absolute atomic E-state index is 6.65. The summed E-state index contributed by atoms with van der Waals surface area (Å²) in [6, 6.07) is 42.8. The molecule has 0 unspecified atom stereocenters.